The molecule has 176 valence electrons. The largest absolute Gasteiger partial charge is 0.379 e. The summed E-state index contributed by atoms with van der Waals surface area (Å²) in [6, 6.07) is 6.76. The van der Waals surface area contributed by atoms with E-state index in [2.05, 4.69) is 42.3 Å². The van der Waals surface area contributed by atoms with Crippen LogP contribution in [0.2, 0.25) is 0 Å². The molecule has 0 amide bonds. The summed E-state index contributed by atoms with van der Waals surface area (Å²) in [6.45, 7) is 5.83. The molecule has 1 saturated carbocycles. The van der Waals surface area contributed by atoms with Gasteiger partial charge in [-0.25, -0.2) is 14.4 Å². The molecule has 2 fully saturated rings. The Hall–Kier alpha value is -3.10. The van der Waals surface area contributed by atoms with Crippen LogP contribution in [-0.4, -0.2) is 63.2 Å². The van der Waals surface area contributed by atoms with Gasteiger partial charge in [-0.2, -0.15) is 0 Å². The van der Waals surface area contributed by atoms with E-state index in [0.29, 0.717) is 12.1 Å². The van der Waals surface area contributed by atoms with Gasteiger partial charge in [0.15, 0.2) is 0 Å². The van der Waals surface area contributed by atoms with Gasteiger partial charge in [0.1, 0.15) is 23.6 Å². The number of halogens is 1. The van der Waals surface area contributed by atoms with Crippen LogP contribution >= 0.6 is 0 Å². The second-order valence-electron chi connectivity index (χ2n) is 9.47. The Labute approximate surface area is 197 Å². The number of hydrogen-bond acceptors (Lipinski definition) is 6. The Bertz CT molecular complexity index is 1320. The van der Waals surface area contributed by atoms with Crippen molar-refractivity contribution in [2.75, 3.05) is 31.6 Å². The topological polar surface area (TPSA) is 79.0 Å². The van der Waals surface area contributed by atoms with Crippen molar-refractivity contribution in [2.24, 2.45) is 0 Å². The third-order valence-electron chi connectivity index (χ3n) is 7.35. The first-order valence-electron chi connectivity index (χ1n) is 12.1. The number of pyridine rings is 1. The summed E-state index contributed by atoms with van der Waals surface area (Å²) in [4.78, 5) is 19.2. The Morgan fingerprint density at radius 2 is 1.88 bits per heavy atom. The molecule has 4 aromatic rings. The lowest BCUT2D eigenvalue weighted by Crippen LogP contribution is -2.46. The molecule has 1 aliphatic carbocycles. The third-order valence-corrected chi connectivity index (χ3v) is 7.35. The number of fused-ring (bicyclic) bond motifs is 3. The van der Waals surface area contributed by atoms with Gasteiger partial charge < -0.3 is 15.0 Å². The van der Waals surface area contributed by atoms with Crippen molar-refractivity contribution in [3.05, 3.63) is 48.3 Å². The average molecular weight is 461 g/mol. The van der Waals surface area contributed by atoms with Crippen molar-refractivity contribution in [1.29, 1.82) is 0 Å². The molecule has 1 saturated heterocycles. The van der Waals surface area contributed by atoms with Crippen molar-refractivity contribution >= 4 is 27.8 Å². The fourth-order valence-corrected chi connectivity index (χ4v) is 5.58. The zero-order chi connectivity index (χ0) is 23.1. The van der Waals surface area contributed by atoms with Gasteiger partial charge >= 0.3 is 0 Å². The van der Waals surface area contributed by atoms with Gasteiger partial charge in [-0.3, -0.25) is 9.88 Å². The summed E-state index contributed by atoms with van der Waals surface area (Å²) >= 11 is 0. The normalized spacial score (nSPS) is 21.8. The van der Waals surface area contributed by atoms with Crippen LogP contribution in [0.3, 0.4) is 0 Å². The molecule has 7 nitrogen and oxygen atoms in total. The van der Waals surface area contributed by atoms with Crippen molar-refractivity contribution in [3.8, 4) is 11.1 Å². The molecule has 0 bridgehead atoms. The Kier molecular flexibility index (Phi) is 5.63. The Balaban J connectivity index is 1.30. The average Bonchev–Trinajstić information content (AvgIpc) is 3.22. The van der Waals surface area contributed by atoms with Gasteiger partial charge in [-0.15, -0.1) is 0 Å². The Morgan fingerprint density at radius 1 is 1.06 bits per heavy atom. The highest BCUT2D eigenvalue weighted by Gasteiger charge is 2.27. The predicted molar refractivity (Wildman–Crippen MR) is 131 cm³/mol. The monoisotopic (exact) mass is 460 g/mol. The minimum atomic E-state index is -0.339. The van der Waals surface area contributed by atoms with Crippen LogP contribution in [0.5, 0.6) is 0 Å². The molecule has 0 unspecified atom stereocenters. The van der Waals surface area contributed by atoms with E-state index in [1.807, 2.05) is 6.92 Å². The third kappa shape index (κ3) is 4.01. The quantitative estimate of drug-likeness (QED) is 0.461. The SMILES string of the molecule is Cc1cc2[nH]c3ncnc(NC4CCC(N5CCOCC5)CC4)c3c2cc1-c1cncc(F)c1. The number of anilines is 1. The second-order valence-corrected chi connectivity index (χ2v) is 9.47. The standard InChI is InChI=1S/C26H29FN6O/c1-16-10-23-22(12-21(16)17-11-18(27)14-28-13-17)24-25(29-15-30-26(24)32-23)31-19-2-4-20(5-3-19)33-6-8-34-9-7-33/h10-15,19-20H,2-9H2,1H3,(H2,29,30,31,32). The minimum absolute atomic E-state index is 0.339. The minimum Gasteiger partial charge on any atom is -0.379 e. The molecule has 34 heavy (non-hydrogen) atoms. The van der Waals surface area contributed by atoms with Crippen molar-refractivity contribution in [2.45, 2.75) is 44.7 Å². The van der Waals surface area contributed by atoms with E-state index in [0.717, 1.165) is 83.6 Å². The molecule has 6 rings (SSSR count). The summed E-state index contributed by atoms with van der Waals surface area (Å²) in [5.74, 6) is 0.521. The lowest BCUT2D eigenvalue weighted by molar-refractivity contribution is 0.00791. The van der Waals surface area contributed by atoms with Gasteiger partial charge in [-0.05, 0) is 61.9 Å². The molecule has 4 heterocycles. The molecule has 0 radical (unpaired) electrons. The fraction of sp³-hybridized carbons (Fsp3) is 0.423. The van der Waals surface area contributed by atoms with E-state index in [-0.39, 0.29) is 5.82 Å². The number of nitrogens with one attached hydrogen (secondary N) is 2. The van der Waals surface area contributed by atoms with Gasteiger partial charge in [0.25, 0.3) is 0 Å². The second kappa shape index (κ2) is 8.92. The number of H-pyrrole nitrogens is 1. The van der Waals surface area contributed by atoms with E-state index in [1.54, 1.807) is 12.5 Å². The molecular formula is C26H29FN6O. The number of hydrogen-bond donors (Lipinski definition) is 2. The highest BCUT2D eigenvalue weighted by Crippen LogP contribution is 2.35. The molecule has 1 aliphatic heterocycles. The molecular weight excluding hydrogens is 431 g/mol. The van der Waals surface area contributed by atoms with Crippen molar-refractivity contribution < 1.29 is 9.13 Å². The van der Waals surface area contributed by atoms with Gasteiger partial charge in [-0.1, -0.05) is 0 Å². The number of rotatable bonds is 4. The zero-order valence-corrected chi connectivity index (χ0v) is 19.4. The van der Waals surface area contributed by atoms with Crippen LogP contribution in [0, 0.1) is 12.7 Å². The van der Waals surface area contributed by atoms with Crippen LogP contribution in [0.1, 0.15) is 31.2 Å². The highest BCUT2D eigenvalue weighted by atomic mass is 19.1. The van der Waals surface area contributed by atoms with Gasteiger partial charge in [0, 0.05) is 47.8 Å². The van der Waals surface area contributed by atoms with Crippen molar-refractivity contribution in [3.63, 3.8) is 0 Å². The first-order valence-corrected chi connectivity index (χ1v) is 12.1. The molecule has 3 aromatic heterocycles. The van der Waals surface area contributed by atoms with Crippen LogP contribution < -0.4 is 5.32 Å². The van der Waals surface area contributed by atoms with E-state index >= 15 is 0 Å². The van der Waals surface area contributed by atoms with Crippen LogP contribution in [0.15, 0.2) is 36.9 Å². The van der Waals surface area contributed by atoms with Crippen LogP contribution in [-0.2, 0) is 4.74 Å². The summed E-state index contributed by atoms with van der Waals surface area (Å²) in [5, 5.41) is 5.74. The number of aromatic nitrogens is 4. The fourth-order valence-electron chi connectivity index (χ4n) is 5.58. The number of morpholine rings is 1. The molecule has 2 aliphatic rings. The number of nitrogens with zero attached hydrogens (tertiary/aromatic N) is 4. The van der Waals surface area contributed by atoms with E-state index in [9.17, 15) is 4.39 Å². The lowest BCUT2D eigenvalue weighted by Gasteiger charge is -2.39. The molecule has 2 N–H and O–H groups in total. The lowest BCUT2D eigenvalue weighted by atomic mass is 9.90. The summed E-state index contributed by atoms with van der Waals surface area (Å²) in [6.07, 6.45) is 9.17. The smallest absolute Gasteiger partial charge is 0.143 e. The summed E-state index contributed by atoms with van der Waals surface area (Å²) < 4.78 is 19.4. The number of ether oxygens (including phenoxy) is 1. The number of aryl methyl sites for hydroxylation is 1. The maximum absolute atomic E-state index is 13.9. The van der Waals surface area contributed by atoms with Gasteiger partial charge in [0.05, 0.1) is 24.8 Å². The molecule has 0 spiro atoms. The molecule has 1 aromatic carbocycles. The molecule has 8 heteroatoms. The first-order chi connectivity index (χ1) is 16.7. The van der Waals surface area contributed by atoms with Crippen molar-refractivity contribution in [1.82, 2.24) is 24.8 Å². The first kappa shape index (κ1) is 21.4. The Morgan fingerprint density at radius 3 is 2.68 bits per heavy atom. The predicted octanol–water partition coefficient (Wildman–Crippen LogP) is 4.68. The van der Waals surface area contributed by atoms with Crippen LogP contribution in [0.25, 0.3) is 33.1 Å². The number of aromatic amines is 1. The maximum Gasteiger partial charge on any atom is 0.143 e. The zero-order valence-electron chi connectivity index (χ0n) is 19.4. The molecule has 0 atom stereocenters. The summed E-state index contributed by atoms with van der Waals surface area (Å²) in [7, 11) is 0. The number of benzene rings is 1. The van der Waals surface area contributed by atoms with E-state index < -0.39 is 0 Å². The summed E-state index contributed by atoms with van der Waals surface area (Å²) in [5.41, 5.74) is 4.58. The van der Waals surface area contributed by atoms with Gasteiger partial charge in [0.2, 0.25) is 0 Å². The van der Waals surface area contributed by atoms with E-state index in [1.165, 1.54) is 25.1 Å². The van der Waals surface area contributed by atoms with Crippen LogP contribution in [0.4, 0.5) is 10.2 Å². The highest BCUT2D eigenvalue weighted by molar-refractivity contribution is 6.12. The van der Waals surface area contributed by atoms with E-state index in [4.69, 9.17) is 4.74 Å². The maximum atomic E-state index is 13.9.